The molecule has 0 saturated heterocycles. The van der Waals surface area contributed by atoms with E-state index in [-0.39, 0.29) is 10.9 Å². The molecule has 0 radical (unpaired) electrons. The minimum atomic E-state index is -3.51. The van der Waals surface area contributed by atoms with Crippen LogP contribution in [-0.4, -0.2) is 26.0 Å². The average Bonchev–Trinajstić information content (AvgIpc) is 3.01. The topological polar surface area (TPSA) is 84.2 Å². The van der Waals surface area contributed by atoms with Crippen LogP contribution in [0.4, 0.5) is 5.82 Å². The molecule has 1 atom stereocenters. The van der Waals surface area contributed by atoms with Gasteiger partial charge in [0.25, 0.3) is 0 Å². The number of furan rings is 1. The van der Waals surface area contributed by atoms with E-state index < -0.39 is 10.0 Å². The standard InChI is InChI=1S/C16H23N3O3S/c1-3-5-13(2)19-23(20,21)15-7-8-16(18-12-15)17-10-9-14-6-4-11-22-14/h4,6-8,11-13,19H,3,5,9-10H2,1-2H3,(H,17,18). The summed E-state index contributed by atoms with van der Waals surface area (Å²) in [5, 5.41) is 3.14. The summed E-state index contributed by atoms with van der Waals surface area (Å²) in [6.45, 7) is 4.55. The van der Waals surface area contributed by atoms with Gasteiger partial charge in [-0.15, -0.1) is 0 Å². The average molecular weight is 337 g/mol. The number of hydrogen-bond acceptors (Lipinski definition) is 5. The van der Waals surface area contributed by atoms with E-state index in [4.69, 9.17) is 4.42 Å². The van der Waals surface area contributed by atoms with E-state index in [0.29, 0.717) is 12.4 Å². The lowest BCUT2D eigenvalue weighted by Gasteiger charge is -2.13. The van der Waals surface area contributed by atoms with Crippen molar-refractivity contribution >= 4 is 15.8 Å². The molecule has 0 aliphatic rings. The van der Waals surface area contributed by atoms with Gasteiger partial charge in [-0.2, -0.15) is 0 Å². The van der Waals surface area contributed by atoms with Crippen LogP contribution in [0.5, 0.6) is 0 Å². The molecule has 0 aliphatic heterocycles. The molecule has 6 nitrogen and oxygen atoms in total. The van der Waals surface area contributed by atoms with Crippen LogP contribution in [0.25, 0.3) is 0 Å². The maximum Gasteiger partial charge on any atom is 0.242 e. The second-order valence-electron chi connectivity index (χ2n) is 5.45. The molecule has 0 amide bonds. The van der Waals surface area contributed by atoms with Gasteiger partial charge in [0.15, 0.2) is 0 Å². The van der Waals surface area contributed by atoms with E-state index in [0.717, 1.165) is 25.0 Å². The Balaban J connectivity index is 1.90. The number of sulfonamides is 1. The van der Waals surface area contributed by atoms with E-state index in [1.807, 2.05) is 26.0 Å². The number of nitrogens with zero attached hydrogens (tertiary/aromatic N) is 1. The van der Waals surface area contributed by atoms with Crippen molar-refractivity contribution in [2.24, 2.45) is 0 Å². The highest BCUT2D eigenvalue weighted by Crippen LogP contribution is 2.12. The largest absolute Gasteiger partial charge is 0.469 e. The summed E-state index contributed by atoms with van der Waals surface area (Å²) < 4.78 is 32.3. The molecule has 0 aromatic carbocycles. The molecule has 2 rings (SSSR count). The highest BCUT2D eigenvalue weighted by atomic mass is 32.2. The first-order chi connectivity index (χ1) is 11.0. The van der Waals surface area contributed by atoms with E-state index in [9.17, 15) is 8.42 Å². The monoisotopic (exact) mass is 337 g/mol. The van der Waals surface area contributed by atoms with Gasteiger partial charge < -0.3 is 9.73 Å². The van der Waals surface area contributed by atoms with Crippen molar-refractivity contribution in [1.29, 1.82) is 0 Å². The second-order valence-corrected chi connectivity index (χ2v) is 7.16. The zero-order valence-electron chi connectivity index (χ0n) is 13.5. The summed E-state index contributed by atoms with van der Waals surface area (Å²) in [4.78, 5) is 4.33. The van der Waals surface area contributed by atoms with Crippen LogP contribution in [-0.2, 0) is 16.4 Å². The zero-order chi connectivity index (χ0) is 16.7. The Bertz CT molecular complexity index is 682. The number of hydrogen-bond donors (Lipinski definition) is 2. The lowest BCUT2D eigenvalue weighted by atomic mass is 10.2. The van der Waals surface area contributed by atoms with Crippen LogP contribution in [0.1, 0.15) is 32.4 Å². The fourth-order valence-corrected chi connectivity index (χ4v) is 3.46. The molecule has 7 heteroatoms. The van der Waals surface area contributed by atoms with Gasteiger partial charge in [0, 0.05) is 25.2 Å². The van der Waals surface area contributed by atoms with Crippen molar-refractivity contribution in [1.82, 2.24) is 9.71 Å². The van der Waals surface area contributed by atoms with Crippen molar-refractivity contribution in [3.05, 3.63) is 42.5 Å². The molecule has 2 aromatic rings. The minimum absolute atomic E-state index is 0.0869. The summed E-state index contributed by atoms with van der Waals surface area (Å²) >= 11 is 0. The molecular formula is C16H23N3O3S. The van der Waals surface area contributed by atoms with Gasteiger partial charge in [-0.25, -0.2) is 18.1 Å². The number of aromatic nitrogens is 1. The molecule has 2 aromatic heterocycles. The first-order valence-electron chi connectivity index (χ1n) is 7.76. The van der Waals surface area contributed by atoms with Gasteiger partial charge in [-0.1, -0.05) is 13.3 Å². The fourth-order valence-electron chi connectivity index (χ4n) is 2.24. The Kier molecular flexibility index (Phi) is 6.18. The van der Waals surface area contributed by atoms with Crippen molar-refractivity contribution in [2.45, 2.75) is 44.0 Å². The Morgan fingerprint density at radius 2 is 2.13 bits per heavy atom. The Morgan fingerprint density at radius 3 is 2.74 bits per heavy atom. The van der Waals surface area contributed by atoms with Gasteiger partial charge in [0.2, 0.25) is 10.0 Å². The molecule has 0 bridgehead atoms. The lowest BCUT2D eigenvalue weighted by Crippen LogP contribution is -2.32. The van der Waals surface area contributed by atoms with Crippen molar-refractivity contribution < 1.29 is 12.8 Å². The summed E-state index contributed by atoms with van der Waals surface area (Å²) in [5.41, 5.74) is 0. The third-order valence-electron chi connectivity index (χ3n) is 3.38. The number of anilines is 1. The first-order valence-corrected chi connectivity index (χ1v) is 9.24. The molecule has 23 heavy (non-hydrogen) atoms. The van der Waals surface area contributed by atoms with Crippen LogP contribution in [0.2, 0.25) is 0 Å². The summed E-state index contributed by atoms with van der Waals surface area (Å²) in [6.07, 6.45) is 5.49. The number of nitrogens with one attached hydrogen (secondary N) is 2. The Morgan fingerprint density at radius 1 is 1.30 bits per heavy atom. The first kappa shape index (κ1) is 17.5. The highest BCUT2D eigenvalue weighted by molar-refractivity contribution is 7.89. The van der Waals surface area contributed by atoms with Gasteiger partial charge in [-0.05, 0) is 37.6 Å². The molecule has 0 fully saturated rings. The number of rotatable bonds is 9. The molecule has 126 valence electrons. The zero-order valence-corrected chi connectivity index (χ0v) is 14.3. The molecule has 1 unspecified atom stereocenters. The maximum absolute atomic E-state index is 12.2. The van der Waals surface area contributed by atoms with Crippen LogP contribution in [0, 0.1) is 0 Å². The predicted molar refractivity (Wildman–Crippen MR) is 89.8 cm³/mol. The molecule has 0 saturated carbocycles. The summed E-state index contributed by atoms with van der Waals surface area (Å²) in [6, 6.07) is 6.90. The van der Waals surface area contributed by atoms with Crippen LogP contribution >= 0.6 is 0 Å². The van der Waals surface area contributed by atoms with Crippen molar-refractivity contribution in [3.8, 4) is 0 Å². The minimum Gasteiger partial charge on any atom is -0.469 e. The van der Waals surface area contributed by atoms with Gasteiger partial charge in [-0.3, -0.25) is 0 Å². The van der Waals surface area contributed by atoms with Crippen LogP contribution in [0.15, 0.2) is 46.0 Å². The Hall–Kier alpha value is -1.86. The van der Waals surface area contributed by atoms with E-state index in [1.165, 1.54) is 6.20 Å². The quantitative estimate of drug-likeness (QED) is 0.735. The number of pyridine rings is 1. The van der Waals surface area contributed by atoms with Crippen molar-refractivity contribution in [3.63, 3.8) is 0 Å². The molecule has 0 spiro atoms. The van der Waals surface area contributed by atoms with Crippen molar-refractivity contribution in [2.75, 3.05) is 11.9 Å². The summed E-state index contributed by atoms with van der Waals surface area (Å²) in [7, 11) is -3.51. The maximum atomic E-state index is 12.2. The third kappa shape index (κ3) is 5.37. The van der Waals surface area contributed by atoms with Gasteiger partial charge in [0.05, 0.1) is 6.26 Å². The highest BCUT2D eigenvalue weighted by Gasteiger charge is 2.17. The smallest absolute Gasteiger partial charge is 0.242 e. The second kappa shape index (κ2) is 8.12. The van der Waals surface area contributed by atoms with E-state index in [1.54, 1.807) is 18.4 Å². The third-order valence-corrected chi connectivity index (χ3v) is 4.96. The molecule has 2 heterocycles. The molecular weight excluding hydrogens is 314 g/mol. The van der Waals surface area contributed by atoms with Crippen LogP contribution in [0.3, 0.4) is 0 Å². The lowest BCUT2D eigenvalue weighted by molar-refractivity contribution is 0.513. The summed E-state index contributed by atoms with van der Waals surface area (Å²) in [5.74, 6) is 1.53. The molecule has 0 aliphatic carbocycles. The Labute approximate surface area is 137 Å². The van der Waals surface area contributed by atoms with E-state index >= 15 is 0 Å². The fraction of sp³-hybridized carbons (Fsp3) is 0.438. The van der Waals surface area contributed by atoms with Gasteiger partial charge >= 0.3 is 0 Å². The SMILES string of the molecule is CCCC(C)NS(=O)(=O)c1ccc(NCCc2ccco2)nc1. The predicted octanol–water partition coefficient (Wildman–Crippen LogP) is 2.80. The van der Waals surface area contributed by atoms with E-state index in [2.05, 4.69) is 15.0 Å². The molecule has 2 N–H and O–H groups in total. The normalized spacial score (nSPS) is 13.0. The van der Waals surface area contributed by atoms with Crippen LogP contribution < -0.4 is 10.0 Å². The van der Waals surface area contributed by atoms with Gasteiger partial charge in [0.1, 0.15) is 16.5 Å².